The number of anilines is 2. The molecule has 0 bridgehead atoms. The number of carbonyl (C=O) groups excluding carboxylic acids is 1. The molecule has 2 aromatic rings. The number of fused-ring (bicyclic) bond motifs is 1. The predicted molar refractivity (Wildman–Crippen MR) is 83.3 cm³/mol. The van der Waals surface area contributed by atoms with Crippen molar-refractivity contribution < 1.29 is 4.79 Å². The summed E-state index contributed by atoms with van der Waals surface area (Å²) < 4.78 is 0. The first kappa shape index (κ1) is 14.5. The first-order valence-electron chi connectivity index (χ1n) is 6.62. The Morgan fingerprint density at radius 1 is 1.35 bits per heavy atom. The van der Waals surface area contributed by atoms with Crippen LogP contribution in [0.1, 0.15) is 20.8 Å². The van der Waals surface area contributed by atoms with Gasteiger partial charge in [-0.05, 0) is 32.2 Å². The van der Waals surface area contributed by atoms with Crippen LogP contribution in [0.15, 0.2) is 11.4 Å². The molecular weight excluding hydrogens is 274 g/mol. The number of hydrogen-bond donors (Lipinski definition) is 3. The summed E-state index contributed by atoms with van der Waals surface area (Å²) in [6, 6.07) is 2.09. The third kappa shape index (κ3) is 3.57. The molecular formula is C13H19N5OS. The average molecular weight is 293 g/mol. The summed E-state index contributed by atoms with van der Waals surface area (Å²) in [5.41, 5.74) is 0. The van der Waals surface area contributed by atoms with Gasteiger partial charge in [-0.2, -0.15) is 4.98 Å². The third-order valence-corrected chi connectivity index (χ3v) is 3.33. The highest BCUT2D eigenvalue weighted by molar-refractivity contribution is 7.16. The topological polar surface area (TPSA) is 78.9 Å². The number of amides is 1. The maximum Gasteiger partial charge on any atom is 0.239 e. The fraction of sp³-hybridized carbons (Fsp3) is 0.462. The molecule has 7 heteroatoms. The van der Waals surface area contributed by atoms with E-state index in [0.717, 1.165) is 16.8 Å². The molecule has 2 aromatic heterocycles. The van der Waals surface area contributed by atoms with E-state index in [4.69, 9.17) is 0 Å². The highest BCUT2D eigenvalue weighted by Crippen LogP contribution is 2.26. The smallest absolute Gasteiger partial charge is 0.239 e. The lowest BCUT2D eigenvalue weighted by atomic mass is 10.3. The van der Waals surface area contributed by atoms with Crippen LogP contribution < -0.4 is 16.0 Å². The van der Waals surface area contributed by atoms with Crippen molar-refractivity contribution in [1.29, 1.82) is 0 Å². The third-order valence-electron chi connectivity index (χ3n) is 2.53. The van der Waals surface area contributed by atoms with Crippen LogP contribution in [-0.2, 0) is 4.79 Å². The molecule has 0 unspecified atom stereocenters. The molecule has 0 aromatic carbocycles. The Bertz CT molecular complexity index is 595. The maximum atomic E-state index is 11.7. The van der Waals surface area contributed by atoms with Gasteiger partial charge in [0.1, 0.15) is 10.6 Å². The summed E-state index contributed by atoms with van der Waals surface area (Å²) in [7, 11) is 0. The van der Waals surface area contributed by atoms with Gasteiger partial charge >= 0.3 is 0 Å². The highest BCUT2D eigenvalue weighted by atomic mass is 32.1. The van der Waals surface area contributed by atoms with E-state index in [-0.39, 0.29) is 18.5 Å². The molecule has 1 amide bonds. The number of aromatic nitrogens is 2. The van der Waals surface area contributed by atoms with E-state index in [9.17, 15) is 4.79 Å². The SMILES string of the molecule is CCNc1nc(NCC(=O)NC(C)C)c2ccsc2n1. The van der Waals surface area contributed by atoms with Gasteiger partial charge in [0.2, 0.25) is 11.9 Å². The summed E-state index contributed by atoms with van der Waals surface area (Å²) in [5, 5.41) is 11.9. The minimum atomic E-state index is -0.0491. The van der Waals surface area contributed by atoms with Gasteiger partial charge in [0.15, 0.2) is 0 Å². The Labute approximate surface area is 122 Å². The number of nitrogens with one attached hydrogen (secondary N) is 3. The van der Waals surface area contributed by atoms with E-state index in [0.29, 0.717) is 11.8 Å². The van der Waals surface area contributed by atoms with Crippen molar-refractivity contribution in [1.82, 2.24) is 15.3 Å². The summed E-state index contributed by atoms with van der Waals surface area (Å²) >= 11 is 1.55. The quantitative estimate of drug-likeness (QED) is 0.760. The molecule has 2 heterocycles. The highest BCUT2D eigenvalue weighted by Gasteiger charge is 2.10. The number of hydrogen-bond acceptors (Lipinski definition) is 6. The van der Waals surface area contributed by atoms with Crippen molar-refractivity contribution in [2.75, 3.05) is 23.7 Å². The van der Waals surface area contributed by atoms with Gasteiger partial charge in [-0.25, -0.2) is 4.98 Å². The van der Waals surface area contributed by atoms with Gasteiger partial charge in [0.05, 0.1) is 11.9 Å². The molecule has 0 fully saturated rings. The summed E-state index contributed by atoms with van der Waals surface area (Å²) in [5.74, 6) is 1.22. The van der Waals surface area contributed by atoms with Crippen LogP contribution in [-0.4, -0.2) is 35.0 Å². The second-order valence-corrected chi connectivity index (χ2v) is 5.54. The minimum absolute atomic E-state index is 0.0491. The van der Waals surface area contributed by atoms with Gasteiger partial charge in [-0.3, -0.25) is 4.79 Å². The zero-order valence-corrected chi connectivity index (χ0v) is 12.7. The Hall–Kier alpha value is -1.89. The van der Waals surface area contributed by atoms with Crippen molar-refractivity contribution in [2.45, 2.75) is 26.8 Å². The van der Waals surface area contributed by atoms with Gasteiger partial charge in [0.25, 0.3) is 0 Å². The molecule has 108 valence electrons. The molecule has 0 aliphatic carbocycles. The van der Waals surface area contributed by atoms with Crippen molar-refractivity contribution in [2.24, 2.45) is 0 Å². The molecule has 0 atom stereocenters. The Kier molecular flexibility index (Phi) is 4.73. The van der Waals surface area contributed by atoms with Crippen LogP contribution in [0.5, 0.6) is 0 Å². The van der Waals surface area contributed by atoms with Crippen LogP contribution in [0, 0.1) is 0 Å². The standard InChI is InChI=1S/C13H19N5OS/c1-4-14-13-17-11(9-5-6-20-12(9)18-13)15-7-10(19)16-8(2)3/h5-6,8H,4,7H2,1-3H3,(H,16,19)(H2,14,15,17,18). The zero-order chi connectivity index (χ0) is 14.5. The number of carbonyl (C=O) groups is 1. The largest absolute Gasteiger partial charge is 0.360 e. The van der Waals surface area contributed by atoms with E-state index in [1.54, 1.807) is 11.3 Å². The van der Waals surface area contributed by atoms with Crippen LogP contribution >= 0.6 is 11.3 Å². The molecule has 20 heavy (non-hydrogen) atoms. The van der Waals surface area contributed by atoms with Gasteiger partial charge < -0.3 is 16.0 Å². The summed E-state index contributed by atoms with van der Waals surface area (Å²) in [6.07, 6.45) is 0. The van der Waals surface area contributed by atoms with Gasteiger partial charge in [-0.15, -0.1) is 11.3 Å². The predicted octanol–water partition coefficient (Wildman–Crippen LogP) is 2.06. The second kappa shape index (κ2) is 6.51. The van der Waals surface area contributed by atoms with Crippen molar-refractivity contribution in [3.8, 4) is 0 Å². The number of thiophene rings is 1. The second-order valence-electron chi connectivity index (χ2n) is 4.64. The normalized spacial score (nSPS) is 10.8. The monoisotopic (exact) mass is 293 g/mol. The minimum Gasteiger partial charge on any atom is -0.360 e. The maximum absolute atomic E-state index is 11.7. The Morgan fingerprint density at radius 3 is 2.85 bits per heavy atom. The molecule has 0 saturated heterocycles. The average Bonchev–Trinajstić information content (AvgIpc) is 2.83. The number of nitrogens with zero attached hydrogens (tertiary/aromatic N) is 2. The Morgan fingerprint density at radius 2 is 2.15 bits per heavy atom. The molecule has 2 rings (SSSR count). The fourth-order valence-electron chi connectivity index (χ4n) is 1.76. The van der Waals surface area contributed by atoms with E-state index >= 15 is 0 Å². The summed E-state index contributed by atoms with van der Waals surface area (Å²) in [4.78, 5) is 21.4. The van der Waals surface area contributed by atoms with Crippen molar-refractivity contribution in [3.63, 3.8) is 0 Å². The molecule has 0 radical (unpaired) electrons. The first-order chi connectivity index (χ1) is 9.60. The fourth-order valence-corrected chi connectivity index (χ4v) is 2.53. The van der Waals surface area contributed by atoms with Gasteiger partial charge in [0, 0.05) is 12.6 Å². The lowest BCUT2D eigenvalue weighted by Crippen LogP contribution is -2.35. The molecule has 3 N–H and O–H groups in total. The summed E-state index contributed by atoms with van der Waals surface area (Å²) in [6.45, 7) is 6.81. The van der Waals surface area contributed by atoms with E-state index in [2.05, 4.69) is 25.9 Å². The zero-order valence-electron chi connectivity index (χ0n) is 11.9. The van der Waals surface area contributed by atoms with Crippen LogP contribution in [0.3, 0.4) is 0 Å². The van der Waals surface area contributed by atoms with E-state index in [1.807, 2.05) is 32.2 Å². The lowest BCUT2D eigenvalue weighted by molar-refractivity contribution is -0.119. The van der Waals surface area contributed by atoms with Crippen molar-refractivity contribution in [3.05, 3.63) is 11.4 Å². The van der Waals surface area contributed by atoms with Crippen LogP contribution in [0.2, 0.25) is 0 Å². The lowest BCUT2D eigenvalue weighted by Gasteiger charge is -2.11. The first-order valence-corrected chi connectivity index (χ1v) is 7.50. The molecule has 0 saturated carbocycles. The van der Waals surface area contributed by atoms with Crippen LogP contribution in [0.25, 0.3) is 10.2 Å². The molecule has 0 spiro atoms. The van der Waals surface area contributed by atoms with Crippen molar-refractivity contribution >= 4 is 39.2 Å². The van der Waals surface area contributed by atoms with E-state index in [1.165, 1.54) is 0 Å². The molecule has 0 aliphatic rings. The van der Waals surface area contributed by atoms with Crippen LogP contribution in [0.4, 0.5) is 11.8 Å². The van der Waals surface area contributed by atoms with E-state index < -0.39 is 0 Å². The molecule has 0 aliphatic heterocycles. The molecule has 6 nitrogen and oxygen atoms in total. The Balaban J connectivity index is 2.15. The number of rotatable bonds is 6. The van der Waals surface area contributed by atoms with Gasteiger partial charge in [-0.1, -0.05) is 0 Å².